The Bertz CT molecular complexity index is 631. The van der Waals surface area contributed by atoms with Crippen LogP contribution in [0.15, 0.2) is 16.8 Å². The molecule has 1 aliphatic heterocycles. The molecule has 0 bridgehead atoms. The van der Waals surface area contributed by atoms with Gasteiger partial charge >= 0.3 is 6.01 Å². The number of nitrogens with one attached hydrogen (secondary N) is 1. The number of anilines is 2. The zero-order valence-electron chi connectivity index (χ0n) is 13.0. The molecule has 0 unspecified atom stereocenters. The van der Waals surface area contributed by atoms with Gasteiger partial charge in [-0.15, -0.1) is 5.10 Å². The number of ether oxygens (including phenoxy) is 1. The lowest BCUT2D eigenvalue weighted by Crippen LogP contribution is -2.35. The maximum atomic E-state index is 5.52. The summed E-state index contributed by atoms with van der Waals surface area (Å²) in [5, 5.41) is 11.0. The Kier molecular flexibility index (Phi) is 4.19. The van der Waals surface area contributed by atoms with E-state index in [1.54, 1.807) is 20.4 Å². The number of rotatable bonds is 5. The molecule has 0 aliphatic carbocycles. The van der Waals surface area contributed by atoms with E-state index < -0.39 is 0 Å². The van der Waals surface area contributed by atoms with E-state index in [0.717, 1.165) is 24.5 Å². The minimum absolute atomic E-state index is 0.187. The molecule has 118 valence electrons. The average Bonchev–Trinajstić information content (AvgIpc) is 3.11. The molecule has 3 heterocycles. The first kappa shape index (κ1) is 14.7. The van der Waals surface area contributed by atoms with Gasteiger partial charge < -0.3 is 19.4 Å². The molecule has 2 aromatic rings. The first-order chi connectivity index (χ1) is 10.7. The standard InChI is InChI=1S/C14H20N6O2/c1-9-4-13(17-8-16-9)20-7-12(21-3)5-11(20)6-15-14-19-18-10(2)22-14/h4,8,11-12H,5-7H2,1-3H3,(H,15,19)/t11-,12-/m0/s1. The van der Waals surface area contributed by atoms with Crippen LogP contribution >= 0.6 is 0 Å². The first-order valence-electron chi connectivity index (χ1n) is 7.27. The van der Waals surface area contributed by atoms with Crippen molar-refractivity contribution in [3.8, 4) is 0 Å². The fraction of sp³-hybridized carbons (Fsp3) is 0.571. The highest BCUT2D eigenvalue weighted by Gasteiger charge is 2.33. The molecule has 3 rings (SSSR count). The van der Waals surface area contributed by atoms with Crippen molar-refractivity contribution in [3.63, 3.8) is 0 Å². The van der Waals surface area contributed by atoms with Crippen molar-refractivity contribution in [1.82, 2.24) is 20.2 Å². The second kappa shape index (κ2) is 6.27. The lowest BCUT2D eigenvalue weighted by atomic mass is 10.2. The fourth-order valence-electron chi connectivity index (χ4n) is 2.69. The Morgan fingerprint density at radius 1 is 1.36 bits per heavy atom. The molecule has 0 radical (unpaired) electrons. The van der Waals surface area contributed by atoms with Crippen LogP contribution in [0, 0.1) is 13.8 Å². The van der Waals surface area contributed by atoms with Crippen molar-refractivity contribution in [2.75, 3.05) is 30.4 Å². The van der Waals surface area contributed by atoms with Crippen molar-refractivity contribution in [1.29, 1.82) is 0 Å². The van der Waals surface area contributed by atoms with E-state index in [4.69, 9.17) is 9.15 Å². The third kappa shape index (κ3) is 3.16. The average molecular weight is 304 g/mol. The number of methoxy groups -OCH3 is 1. The highest BCUT2D eigenvalue weighted by atomic mass is 16.5. The second-order valence-corrected chi connectivity index (χ2v) is 5.42. The van der Waals surface area contributed by atoms with E-state index in [9.17, 15) is 0 Å². The number of aromatic nitrogens is 4. The van der Waals surface area contributed by atoms with Crippen LogP contribution in [-0.2, 0) is 4.74 Å². The van der Waals surface area contributed by atoms with E-state index in [-0.39, 0.29) is 12.1 Å². The van der Waals surface area contributed by atoms with Gasteiger partial charge in [-0.1, -0.05) is 5.10 Å². The van der Waals surface area contributed by atoms with Crippen LogP contribution in [0.25, 0.3) is 0 Å². The van der Waals surface area contributed by atoms with Crippen LogP contribution in [0.2, 0.25) is 0 Å². The lowest BCUT2D eigenvalue weighted by Gasteiger charge is -2.25. The molecule has 1 fully saturated rings. The quantitative estimate of drug-likeness (QED) is 0.881. The van der Waals surface area contributed by atoms with Crippen LogP contribution in [0.5, 0.6) is 0 Å². The van der Waals surface area contributed by atoms with Crippen molar-refractivity contribution in [3.05, 3.63) is 24.0 Å². The van der Waals surface area contributed by atoms with Gasteiger partial charge in [0.2, 0.25) is 5.89 Å². The van der Waals surface area contributed by atoms with Crippen molar-refractivity contribution >= 4 is 11.8 Å². The van der Waals surface area contributed by atoms with Crippen LogP contribution in [-0.4, -0.2) is 52.5 Å². The van der Waals surface area contributed by atoms with Gasteiger partial charge in [-0.25, -0.2) is 9.97 Å². The Hall–Kier alpha value is -2.22. The van der Waals surface area contributed by atoms with Crippen molar-refractivity contribution < 1.29 is 9.15 Å². The largest absolute Gasteiger partial charge is 0.408 e. The summed E-state index contributed by atoms with van der Waals surface area (Å²) in [7, 11) is 1.74. The van der Waals surface area contributed by atoms with Gasteiger partial charge in [0.1, 0.15) is 12.1 Å². The minimum Gasteiger partial charge on any atom is -0.408 e. The molecule has 2 aromatic heterocycles. The number of hydrogen-bond donors (Lipinski definition) is 1. The summed E-state index contributed by atoms with van der Waals surface area (Å²) in [6, 6.07) is 2.67. The van der Waals surface area contributed by atoms with Crippen LogP contribution < -0.4 is 10.2 Å². The van der Waals surface area contributed by atoms with Gasteiger partial charge in [-0.05, 0) is 13.3 Å². The summed E-state index contributed by atoms with van der Waals surface area (Å²) in [5.74, 6) is 1.47. The predicted molar refractivity (Wildman–Crippen MR) is 80.8 cm³/mol. The van der Waals surface area contributed by atoms with Crippen LogP contribution in [0.3, 0.4) is 0 Å². The highest BCUT2D eigenvalue weighted by Crippen LogP contribution is 2.26. The van der Waals surface area contributed by atoms with E-state index in [1.165, 1.54) is 0 Å². The molecule has 8 nitrogen and oxygen atoms in total. The number of hydrogen-bond acceptors (Lipinski definition) is 8. The predicted octanol–water partition coefficient (Wildman–Crippen LogP) is 1.18. The fourth-order valence-corrected chi connectivity index (χ4v) is 2.69. The Balaban J connectivity index is 1.72. The number of aryl methyl sites for hydroxylation is 2. The summed E-state index contributed by atoms with van der Waals surface area (Å²) in [5.41, 5.74) is 0.949. The monoisotopic (exact) mass is 304 g/mol. The summed E-state index contributed by atoms with van der Waals surface area (Å²) >= 11 is 0. The summed E-state index contributed by atoms with van der Waals surface area (Å²) in [6.07, 6.45) is 2.70. The van der Waals surface area contributed by atoms with Gasteiger partial charge in [0.05, 0.1) is 12.1 Å². The van der Waals surface area contributed by atoms with Crippen LogP contribution in [0.1, 0.15) is 18.0 Å². The smallest absolute Gasteiger partial charge is 0.315 e. The third-order valence-electron chi connectivity index (χ3n) is 3.81. The molecular weight excluding hydrogens is 284 g/mol. The Labute approximate surface area is 128 Å². The minimum atomic E-state index is 0.187. The Morgan fingerprint density at radius 3 is 2.91 bits per heavy atom. The van der Waals surface area contributed by atoms with E-state index >= 15 is 0 Å². The molecule has 1 saturated heterocycles. The molecule has 8 heteroatoms. The van der Waals surface area contributed by atoms with E-state index in [1.807, 2.05) is 13.0 Å². The zero-order valence-corrected chi connectivity index (χ0v) is 13.0. The van der Waals surface area contributed by atoms with Crippen LogP contribution in [0.4, 0.5) is 11.8 Å². The van der Waals surface area contributed by atoms with E-state index in [0.29, 0.717) is 18.5 Å². The maximum absolute atomic E-state index is 5.52. The summed E-state index contributed by atoms with van der Waals surface area (Å²) < 4.78 is 10.9. The first-order valence-corrected chi connectivity index (χ1v) is 7.27. The molecule has 0 spiro atoms. The Morgan fingerprint density at radius 2 is 2.23 bits per heavy atom. The molecule has 1 N–H and O–H groups in total. The highest BCUT2D eigenvalue weighted by molar-refractivity contribution is 5.43. The molecule has 2 atom stereocenters. The van der Waals surface area contributed by atoms with Gasteiger partial charge in [-0.2, -0.15) is 0 Å². The summed E-state index contributed by atoms with van der Waals surface area (Å²) in [4.78, 5) is 10.8. The number of nitrogens with zero attached hydrogens (tertiary/aromatic N) is 5. The molecule has 0 amide bonds. The summed E-state index contributed by atoms with van der Waals surface area (Å²) in [6.45, 7) is 5.22. The lowest BCUT2D eigenvalue weighted by molar-refractivity contribution is 0.118. The molecule has 0 aromatic carbocycles. The van der Waals surface area contributed by atoms with Gasteiger partial charge in [0.15, 0.2) is 0 Å². The molecule has 22 heavy (non-hydrogen) atoms. The molecule has 0 saturated carbocycles. The maximum Gasteiger partial charge on any atom is 0.315 e. The van der Waals surface area contributed by atoms with Crippen molar-refractivity contribution in [2.24, 2.45) is 0 Å². The normalized spacial score (nSPS) is 21.3. The van der Waals surface area contributed by atoms with Gasteiger partial charge in [-0.3, -0.25) is 0 Å². The second-order valence-electron chi connectivity index (χ2n) is 5.42. The van der Waals surface area contributed by atoms with Gasteiger partial charge in [0, 0.05) is 38.9 Å². The van der Waals surface area contributed by atoms with Gasteiger partial charge in [0.25, 0.3) is 0 Å². The topological polar surface area (TPSA) is 89.2 Å². The third-order valence-corrected chi connectivity index (χ3v) is 3.81. The molecule has 1 aliphatic rings. The zero-order chi connectivity index (χ0) is 15.5. The SMILES string of the molecule is CO[C@H]1C[C@@H](CNc2nnc(C)o2)N(c2cc(C)ncn2)C1. The molecular formula is C14H20N6O2. The van der Waals surface area contributed by atoms with Crippen molar-refractivity contribution in [2.45, 2.75) is 32.4 Å². The van der Waals surface area contributed by atoms with E-state index in [2.05, 4.69) is 30.4 Å².